The number of hydrogen-bond acceptors (Lipinski definition) is 7. The van der Waals surface area contributed by atoms with Crippen LogP contribution in [0, 0.1) is 16.4 Å². The predicted molar refractivity (Wildman–Crippen MR) is 124 cm³/mol. The highest BCUT2D eigenvalue weighted by molar-refractivity contribution is 14.1. The van der Waals surface area contributed by atoms with E-state index in [1.165, 1.54) is 17.7 Å². The molecule has 10 heteroatoms. The van der Waals surface area contributed by atoms with Crippen LogP contribution in [0.15, 0.2) is 17.8 Å². The van der Waals surface area contributed by atoms with Gasteiger partial charge in [0.25, 0.3) is 5.91 Å². The van der Waals surface area contributed by atoms with Crippen molar-refractivity contribution in [2.75, 3.05) is 24.9 Å². The van der Waals surface area contributed by atoms with Gasteiger partial charge in [0.05, 0.1) is 39.3 Å². The van der Waals surface area contributed by atoms with Crippen LogP contribution in [0.2, 0.25) is 0 Å². The van der Waals surface area contributed by atoms with Gasteiger partial charge < -0.3 is 20.1 Å². The number of thiophene rings is 1. The molecule has 0 bridgehead atoms. The van der Waals surface area contributed by atoms with Gasteiger partial charge >= 0.3 is 0 Å². The quantitative estimate of drug-likeness (QED) is 0.456. The fraction of sp³-hybridized carbons (Fsp3) is 0.300. The number of fused-ring (bicyclic) bond motifs is 1. The summed E-state index contributed by atoms with van der Waals surface area (Å²) >= 11 is 3.46. The van der Waals surface area contributed by atoms with Crippen LogP contribution in [0.25, 0.3) is 10.2 Å². The van der Waals surface area contributed by atoms with E-state index < -0.39 is 0 Å². The Morgan fingerprint density at radius 1 is 1.17 bits per heavy atom. The van der Waals surface area contributed by atoms with Crippen LogP contribution in [0.4, 0.5) is 11.5 Å². The Kier molecular flexibility index (Phi) is 5.78. The van der Waals surface area contributed by atoms with Crippen LogP contribution >= 0.6 is 33.9 Å². The van der Waals surface area contributed by atoms with Crippen molar-refractivity contribution in [1.29, 1.82) is 0 Å². The first-order valence-corrected chi connectivity index (χ1v) is 11.2. The smallest absolute Gasteiger partial charge is 0.258 e. The van der Waals surface area contributed by atoms with Crippen molar-refractivity contribution in [2.24, 2.45) is 5.92 Å². The molecular weight excluding hydrogens is 519 g/mol. The molecule has 1 aliphatic carbocycles. The molecule has 0 unspecified atom stereocenters. The zero-order valence-electron chi connectivity index (χ0n) is 16.5. The number of amides is 2. The second-order valence-corrected chi connectivity index (χ2v) is 8.82. The third-order valence-corrected chi connectivity index (χ3v) is 6.96. The number of halogens is 1. The summed E-state index contributed by atoms with van der Waals surface area (Å²) in [6, 6.07) is 1.79. The number of aromatic nitrogens is 2. The van der Waals surface area contributed by atoms with Gasteiger partial charge in [0.15, 0.2) is 5.82 Å². The molecular formula is C20H19IN4O4S. The van der Waals surface area contributed by atoms with Gasteiger partial charge in [0.2, 0.25) is 5.91 Å². The van der Waals surface area contributed by atoms with Gasteiger partial charge in [-0.2, -0.15) is 0 Å². The van der Waals surface area contributed by atoms with Gasteiger partial charge in [-0.25, -0.2) is 9.97 Å². The first kappa shape index (κ1) is 20.8. The minimum Gasteiger partial charge on any atom is -0.496 e. The van der Waals surface area contributed by atoms with Crippen molar-refractivity contribution in [3.05, 3.63) is 32.5 Å². The molecule has 2 amide bonds. The SMILES string of the molecule is COc1cc(OC)c(I)c(NC(=O)c2csc3c(NC(=O)C4CC4)ncnc23)c1C. The lowest BCUT2D eigenvalue weighted by molar-refractivity contribution is -0.117. The number of hydrogen-bond donors (Lipinski definition) is 2. The number of ether oxygens (including phenoxy) is 2. The molecule has 1 fully saturated rings. The highest BCUT2D eigenvalue weighted by atomic mass is 127. The zero-order valence-corrected chi connectivity index (χ0v) is 19.5. The molecule has 3 aromatic rings. The first-order valence-electron chi connectivity index (χ1n) is 9.20. The highest BCUT2D eigenvalue weighted by Crippen LogP contribution is 2.39. The first-order chi connectivity index (χ1) is 14.4. The minimum atomic E-state index is -0.309. The monoisotopic (exact) mass is 538 g/mol. The van der Waals surface area contributed by atoms with Crippen LogP contribution in [0.1, 0.15) is 28.8 Å². The Hall–Kier alpha value is -2.47. The molecule has 30 heavy (non-hydrogen) atoms. The van der Waals surface area contributed by atoms with Crippen molar-refractivity contribution in [3.63, 3.8) is 0 Å². The minimum absolute atomic E-state index is 0.0388. The standard InChI is InChI=1S/C20H19IN4O4S/c1-9-12(28-2)6-13(29-3)14(21)15(9)24-20(27)11-7-30-17-16(11)22-8-23-18(17)25-19(26)10-4-5-10/h6-8,10H,4-5H2,1-3H3,(H,24,27)(H,22,23,25,26). The average molecular weight is 538 g/mol. The van der Waals surface area contributed by atoms with Gasteiger partial charge in [-0.15, -0.1) is 11.3 Å². The molecule has 1 saturated carbocycles. The van der Waals surface area contributed by atoms with E-state index in [1.54, 1.807) is 25.7 Å². The molecule has 156 valence electrons. The van der Waals surface area contributed by atoms with Crippen LogP contribution < -0.4 is 20.1 Å². The second kappa shape index (κ2) is 8.34. The fourth-order valence-electron chi connectivity index (χ4n) is 3.06. The van der Waals surface area contributed by atoms with E-state index in [9.17, 15) is 9.59 Å². The molecule has 0 atom stereocenters. The summed E-state index contributed by atoms with van der Waals surface area (Å²) in [5, 5.41) is 7.54. The van der Waals surface area contributed by atoms with E-state index >= 15 is 0 Å². The summed E-state index contributed by atoms with van der Waals surface area (Å²) in [6.07, 6.45) is 3.16. The Morgan fingerprint density at radius 3 is 2.57 bits per heavy atom. The fourth-order valence-corrected chi connectivity index (χ4v) is 4.92. The van der Waals surface area contributed by atoms with E-state index in [0.717, 1.165) is 22.0 Å². The average Bonchev–Trinajstić information content (AvgIpc) is 3.50. The summed E-state index contributed by atoms with van der Waals surface area (Å²) in [5.74, 6) is 1.38. The largest absolute Gasteiger partial charge is 0.496 e. The Labute approximate surface area is 190 Å². The van der Waals surface area contributed by atoms with Crippen molar-refractivity contribution in [1.82, 2.24) is 9.97 Å². The van der Waals surface area contributed by atoms with E-state index in [2.05, 4.69) is 43.2 Å². The number of rotatable bonds is 6. The number of nitrogens with one attached hydrogen (secondary N) is 2. The highest BCUT2D eigenvalue weighted by Gasteiger charge is 2.30. The number of anilines is 2. The van der Waals surface area contributed by atoms with Crippen LogP contribution in [-0.2, 0) is 4.79 Å². The Balaban J connectivity index is 1.67. The zero-order chi connectivity index (χ0) is 21.4. The van der Waals surface area contributed by atoms with Crippen molar-refractivity contribution >= 4 is 67.5 Å². The second-order valence-electron chi connectivity index (χ2n) is 6.86. The normalized spacial score (nSPS) is 13.2. The van der Waals surface area contributed by atoms with Crippen LogP contribution in [0.3, 0.4) is 0 Å². The molecule has 0 radical (unpaired) electrons. The molecule has 8 nitrogen and oxygen atoms in total. The molecule has 4 rings (SSSR count). The summed E-state index contributed by atoms with van der Waals surface area (Å²) in [4.78, 5) is 33.7. The molecule has 1 aliphatic rings. The maximum atomic E-state index is 13.1. The lowest BCUT2D eigenvalue weighted by atomic mass is 10.1. The number of nitrogens with zero attached hydrogens (tertiary/aromatic N) is 2. The maximum Gasteiger partial charge on any atom is 0.258 e. The van der Waals surface area contributed by atoms with Gasteiger partial charge in [-0.1, -0.05) is 0 Å². The van der Waals surface area contributed by atoms with Crippen molar-refractivity contribution < 1.29 is 19.1 Å². The van der Waals surface area contributed by atoms with E-state index in [4.69, 9.17) is 9.47 Å². The number of carbonyl (C=O) groups excluding carboxylic acids is 2. The van der Waals surface area contributed by atoms with Crippen LogP contribution in [-0.4, -0.2) is 36.0 Å². The van der Waals surface area contributed by atoms with Crippen LogP contribution in [0.5, 0.6) is 11.5 Å². The third-order valence-electron chi connectivity index (χ3n) is 4.91. The summed E-state index contributed by atoms with van der Waals surface area (Å²) < 4.78 is 12.3. The Morgan fingerprint density at radius 2 is 1.90 bits per heavy atom. The molecule has 1 aromatic carbocycles. The van der Waals surface area contributed by atoms with Gasteiger partial charge in [0, 0.05) is 22.9 Å². The lowest BCUT2D eigenvalue weighted by Crippen LogP contribution is -2.15. The molecule has 2 N–H and O–H groups in total. The molecule has 0 spiro atoms. The van der Waals surface area contributed by atoms with Gasteiger partial charge in [-0.05, 0) is 42.4 Å². The summed E-state index contributed by atoms with van der Waals surface area (Å²) in [5.41, 5.74) is 2.33. The van der Waals surface area contributed by atoms with E-state index in [-0.39, 0.29) is 17.7 Å². The number of benzene rings is 1. The van der Waals surface area contributed by atoms with Gasteiger partial charge in [-0.3, -0.25) is 9.59 Å². The van der Waals surface area contributed by atoms with E-state index in [0.29, 0.717) is 38.8 Å². The predicted octanol–water partition coefficient (Wildman–Crippen LogP) is 4.22. The molecule has 0 aliphatic heterocycles. The third kappa shape index (κ3) is 3.81. The maximum absolute atomic E-state index is 13.1. The van der Waals surface area contributed by atoms with Crippen molar-refractivity contribution in [3.8, 4) is 11.5 Å². The molecule has 2 heterocycles. The van der Waals surface area contributed by atoms with E-state index in [1.807, 2.05) is 6.92 Å². The number of carbonyl (C=O) groups is 2. The topological polar surface area (TPSA) is 102 Å². The molecule has 0 saturated heterocycles. The molecule has 2 aromatic heterocycles. The summed E-state index contributed by atoms with van der Waals surface area (Å²) in [7, 11) is 3.14. The number of methoxy groups -OCH3 is 2. The van der Waals surface area contributed by atoms with Crippen molar-refractivity contribution in [2.45, 2.75) is 19.8 Å². The Bertz CT molecular complexity index is 1130. The van der Waals surface area contributed by atoms with Gasteiger partial charge in [0.1, 0.15) is 17.8 Å². The summed E-state index contributed by atoms with van der Waals surface area (Å²) in [6.45, 7) is 1.87. The lowest BCUT2D eigenvalue weighted by Gasteiger charge is -2.16.